The summed E-state index contributed by atoms with van der Waals surface area (Å²) >= 11 is 1.75. The maximum absolute atomic E-state index is 10.3. The van der Waals surface area contributed by atoms with Crippen LogP contribution in [0.2, 0.25) is 0 Å². The average Bonchev–Trinajstić information content (AvgIpc) is 3.01. The fourth-order valence-electron chi connectivity index (χ4n) is 3.13. The van der Waals surface area contributed by atoms with Crippen LogP contribution >= 0.6 is 11.3 Å². The lowest BCUT2D eigenvalue weighted by Crippen LogP contribution is -2.52. The molecule has 2 aliphatic heterocycles. The second kappa shape index (κ2) is 5.89. The van der Waals surface area contributed by atoms with Gasteiger partial charge in [0.1, 0.15) is 0 Å². The lowest BCUT2D eigenvalue weighted by atomic mass is 10.1. The van der Waals surface area contributed by atoms with Gasteiger partial charge in [0.2, 0.25) is 0 Å². The van der Waals surface area contributed by atoms with Crippen molar-refractivity contribution in [2.24, 2.45) is 0 Å². The van der Waals surface area contributed by atoms with Gasteiger partial charge in [0.05, 0.1) is 6.10 Å². The van der Waals surface area contributed by atoms with E-state index in [0.717, 1.165) is 45.8 Å². The summed E-state index contributed by atoms with van der Waals surface area (Å²) in [5.41, 5.74) is 1.37. The molecular weight excluding hydrogens is 258 g/mol. The number of piperazine rings is 1. The second-order valence-corrected chi connectivity index (χ2v) is 6.58. The third-order valence-corrected chi connectivity index (χ3v) is 5.06. The molecule has 0 unspecified atom stereocenters. The number of aliphatic hydroxyl groups is 1. The van der Waals surface area contributed by atoms with Crippen LogP contribution in [0.5, 0.6) is 0 Å². The number of nitrogens with zero attached hydrogens (tertiary/aromatic N) is 3. The minimum absolute atomic E-state index is 0.193. The van der Waals surface area contributed by atoms with Gasteiger partial charge in [0.15, 0.2) is 0 Å². The number of hydrogen-bond acceptors (Lipinski definition) is 5. The van der Waals surface area contributed by atoms with Gasteiger partial charge in [-0.15, -0.1) is 0 Å². The van der Waals surface area contributed by atoms with Crippen molar-refractivity contribution in [1.82, 2.24) is 14.7 Å². The Kier molecular flexibility index (Phi) is 4.19. The third kappa shape index (κ3) is 3.17. The Balaban J connectivity index is 1.56. The predicted octanol–water partition coefficient (Wildman–Crippen LogP) is 0.541. The predicted molar refractivity (Wildman–Crippen MR) is 78.5 cm³/mol. The van der Waals surface area contributed by atoms with E-state index in [1.54, 1.807) is 11.3 Å². The molecule has 2 aliphatic rings. The van der Waals surface area contributed by atoms with Gasteiger partial charge in [-0.2, -0.15) is 11.3 Å². The highest BCUT2D eigenvalue weighted by Gasteiger charge is 2.36. The topological polar surface area (TPSA) is 30.0 Å². The molecule has 1 aromatic heterocycles. The standard InChI is InChI=1S/C14H23N3OS/c1-15-3-5-17(6-4-15)13-9-16(10-14(13)18)8-12-2-7-19-11-12/h2,7,11,13-14,18H,3-6,8-10H2,1H3/t13-,14-/m0/s1. The summed E-state index contributed by atoms with van der Waals surface area (Å²) in [7, 11) is 2.17. The van der Waals surface area contributed by atoms with E-state index in [1.165, 1.54) is 5.56 Å². The molecule has 5 heteroatoms. The van der Waals surface area contributed by atoms with Crippen LogP contribution in [0.1, 0.15) is 5.56 Å². The zero-order chi connectivity index (χ0) is 13.2. The molecule has 4 nitrogen and oxygen atoms in total. The van der Waals surface area contributed by atoms with Crippen molar-refractivity contribution in [2.75, 3.05) is 46.3 Å². The van der Waals surface area contributed by atoms with Crippen molar-refractivity contribution < 1.29 is 5.11 Å². The highest BCUT2D eigenvalue weighted by atomic mass is 32.1. The Morgan fingerprint density at radius 2 is 2.05 bits per heavy atom. The lowest BCUT2D eigenvalue weighted by molar-refractivity contribution is 0.0512. The van der Waals surface area contributed by atoms with Gasteiger partial charge in [0.25, 0.3) is 0 Å². The van der Waals surface area contributed by atoms with Gasteiger partial charge in [-0.25, -0.2) is 0 Å². The molecule has 2 saturated heterocycles. The van der Waals surface area contributed by atoms with Crippen LogP contribution in [0.25, 0.3) is 0 Å². The molecule has 3 heterocycles. The van der Waals surface area contributed by atoms with Crippen LogP contribution < -0.4 is 0 Å². The van der Waals surface area contributed by atoms with E-state index >= 15 is 0 Å². The maximum Gasteiger partial charge on any atom is 0.0834 e. The van der Waals surface area contributed by atoms with Crippen molar-refractivity contribution in [3.63, 3.8) is 0 Å². The molecule has 3 rings (SSSR count). The minimum atomic E-state index is -0.193. The summed E-state index contributed by atoms with van der Waals surface area (Å²) < 4.78 is 0. The molecule has 1 N–H and O–H groups in total. The Morgan fingerprint density at radius 1 is 1.26 bits per heavy atom. The molecule has 19 heavy (non-hydrogen) atoms. The Labute approximate surface area is 119 Å². The van der Waals surface area contributed by atoms with E-state index < -0.39 is 0 Å². The highest BCUT2D eigenvalue weighted by Crippen LogP contribution is 2.20. The molecule has 0 aliphatic carbocycles. The zero-order valence-electron chi connectivity index (χ0n) is 11.5. The van der Waals surface area contributed by atoms with Crippen LogP contribution in [0.3, 0.4) is 0 Å². The van der Waals surface area contributed by atoms with E-state index in [0.29, 0.717) is 6.04 Å². The van der Waals surface area contributed by atoms with Crippen molar-refractivity contribution in [3.05, 3.63) is 22.4 Å². The summed E-state index contributed by atoms with van der Waals surface area (Å²) in [5, 5.41) is 14.6. The van der Waals surface area contributed by atoms with Crippen molar-refractivity contribution >= 4 is 11.3 Å². The van der Waals surface area contributed by atoms with Crippen LogP contribution in [-0.4, -0.2) is 78.3 Å². The smallest absolute Gasteiger partial charge is 0.0834 e. The van der Waals surface area contributed by atoms with Gasteiger partial charge >= 0.3 is 0 Å². The van der Waals surface area contributed by atoms with Crippen molar-refractivity contribution in [2.45, 2.75) is 18.7 Å². The van der Waals surface area contributed by atoms with Crippen molar-refractivity contribution in [3.8, 4) is 0 Å². The number of likely N-dealkylation sites (N-methyl/N-ethyl adjacent to an activating group) is 1. The SMILES string of the molecule is CN1CCN([C@H]2CN(Cc3ccsc3)C[C@@H]2O)CC1. The first-order chi connectivity index (χ1) is 9.22. The van der Waals surface area contributed by atoms with Crippen LogP contribution in [0.4, 0.5) is 0 Å². The molecule has 0 amide bonds. The molecular formula is C14H23N3OS. The average molecular weight is 281 g/mol. The van der Waals surface area contributed by atoms with Gasteiger partial charge in [-0.05, 0) is 29.4 Å². The summed E-state index contributed by atoms with van der Waals surface area (Å²) in [5.74, 6) is 0. The number of rotatable bonds is 3. The molecule has 2 fully saturated rings. The van der Waals surface area contributed by atoms with Gasteiger partial charge in [-0.1, -0.05) is 0 Å². The quantitative estimate of drug-likeness (QED) is 0.876. The zero-order valence-corrected chi connectivity index (χ0v) is 12.4. The Bertz CT molecular complexity index is 389. The van der Waals surface area contributed by atoms with E-state index in [9.17, 15) is 5.11 Å². The van der Waals surface area contributed by atoms with Crippen molar-refractivity contribution in [1.29, 1.82) is 0 Å². The number of likely N-dealkylation sites (tertiary alicyclic amines) is 1. The fraction of sp³-hybridized carbons (Fsp3) is 0.714. The summed E-state index contributed by atoms with van der Waals surface area (Å²) in [6, 6.07) is 2.51. The van der Waals surface area contributed by atoms with E-state index in [-0.39, 0.29) is 6.10 Å². The lowest BCUT2D eigenvalue weighted by Gasteiger charge is -2.37. The minimum Gasteiger partial charge on any atom is -0.390 e. The van der Waals surface area contributed by atoms with Crippen LogP contribution in [-0.2, 0) is 6.54 Å². The fourth-order valence-corrected chi connectivity index (χ4v) is 3.79. The number of β-amino-alcohol motifs (C(OH)–C–C–N with tert-alkyl or cyclic N) is 1. The summed E-state index contributed by atoms with van der Waals surface area (Å²) in [4.78, 5) is 7.22. The first kappa shape index (κ1) is 13.5. The first-order valence-corrected chi connectivity index (χ1v) is 8.01. The molecule has 0 aromatic carbocycles. The summed E-state index contributed by atoms with van der Waals surface area (Å²) in [6.07, 6.45) is -0.193. The van der Waals surface area contributed by atoms with E-state index in [4.69, 9.17) is 0 Å². The van der Waals surface area contributed by atoms with Gasteiger partial charge in [-0.3, -0.25) is 9.80 Å². The molecule has 2 atom stereocenters. The first-order valence-electron chi connectivity index (χ1n) is 7.06. The molecule has 0 bridgehead atoms. The normalized spacial score (nSPS) is 31.1. The largest absolute Gasteiger partial charge is 0.390 e. The summed E-state index contributed by atoms with van der Waals surface area (Å²) in [6.45, 7) is 7.20. The molecule has 0 radical (unpaired) electrons. The van der Waals surface area contributed by atoms with Gasteiger partial charge < -0.3 is 10.0 Å². The monoisotopic (exact) mass is 281 g/mol. The molecule has 0 saturated carbocycles. The second-order valence-electron chi connectivity index (χ2n) is 5.80. The highest BCUT2D eigenvalue weighted by molar-refractivity contribution is 7.07. The van der Waals surface area contributed by atoms with Gasteiger partial charge in [0, 0.05) is 51.9 Å². The van der Waals surface area contributed by atoms with Crippen LogP contribution in [0, 0.1) is 0 Å². The van der Waals surface area contributed by atoms with Crippen LogP contribution in [0.15, 0.2) is 16.8 Å². The molecule has 106 valence electrons. The maximum atomic E-state index is 10.3. The van der Waals surface area contributed by atoms with E-state index in [1.807, 2.05) is 0 Å². The Morgan fingerprint density at radius 3 is 2.74 bits per heavy atom. The Hall–Kier alpha value is -0.460. The number of aliphatic hydroxyl groups excluding tert-OH is 1. The number of hydrogen-bond donors (Lipinski definition) is 1. The molecule has 1 aromatic rings. The van der Waals surface area contributed by atoms with E-state index in [2.05, 4.69) is 38.6 Å². The number of thiophene rings is 1. The third-order valence-electron chi connectivity index (χ3n) is 4.33. The molecule has 0 spiro atoms.